The average Bonchev–Trinajstić information content (AvgIpc) is 2.48. The summed E-state index contributed by atoms with van der Waals surface area (Å²) in [5, 5.41) is 0. The van der Waals surface area contributed by atoms with Gasteiger partial charge in [-0.25, -0.2) is 4.79 Å². The fraction of sp³-hybridized carbons (Fsp3) is 0.143. The van der Waals surface area contributed by atoms with Gasteiger partial charge >= 0.3 is 12.1 Å². The number of carbonyl (C=O) groups is 1. The van der Waals surface area contributed by atoms with Crippen LogP contribution in [0.15, 0.2) is 47.4 Å². The molecule has 0 amide bonds. The Morgan fingerprint density at radius 3 is 2.32 bits per heavy atom. The van der Waals surface area contributed by atoms with Gasteiger partial charge in [0.15, 0.2) is 0 Å². The van der Waals surface area contributed by atoms with Crippen molar-refractivity contribution < 1.29 is 22.3 Å². The summed E-state index contributed by atoms with van der Waals surface area (Å²) in [4.78, 5) is 23.0. The maximum atomic E-state index is 12.5. The first-order chi connectivity index (χ1) is 10.3. The van der Waals surface area contributed by atoms with Crippen LogP contribution >= 0.6 is 11.9 Å². The summed E-state index contributed by atoms with van der Waals surface area (Å²) >= 11 is 4.96. The molecule has 8 heteroatoms. The molecular formula is C14H9ClF3NO3. The van der Waals surface area contributed by atoms with E-state index in [-0.39, 0.29) is 12.1 Å². The maximum Gasteiger partial charge on any atom is 0.416 e. The number of alkyl halides is 3. The summed E-state index contributed by atoms with van der Waals surface area (Å²) in [7, 11) is 0. The zero-order valence-electron chi connectivity index (χ0n) is 10.9. The van der Waals surface area contributed by atoms with Gasteiger partial charge in [-0.3, -0.25) is 4.79 Å². The number of nitrogens with zero attached hydrogens (tertiary/aromatic N) is 1. The molecule has 0 aliphatic rings. The highest BCUT2D eigenvalue weighted by atomic mass is 35.5. The second kappa shape index (κ2) is 6.23. The molecule has 0 atom stereocenters. The van der Waals surface area contributed by atoms with Gasteiger partial charge in [0, 0.05) is 12.3 Å². The van der Waals surface area contributed by atoms with Gasteiger partial charge < -0.3 is 8.86 Å². The van der Waals surface area contributed by atoms with E-state index < -0.39 is 23.3 Å². The number of benzene rings is 1. The molecule has 0 aliphatic carbocycles. The molecule has 0 bridgehead atoms. The fourth-order valence-electron chi connectivity index (χ4n) is 1.82. The normalized spacial score (nSPS) is 11.3. The van der Waals surface area contributed by atoms with E-state index in [9.17, 15) is 22.8 Å². The predicted octanol–water partition coefficient (Wildman–Crippen LogP) is 3.23. The minimum atomic E-state index is -4.42. The Morgan fingerprint density at radius 1 is 1.14 bits per heavy atom. The standard InChI is InChI=1S/C14H9ClF3NO3/c15-22-13(21)10-3-6-12(20)19(8-10)7-9-1-4-11(5-2-9)14(16,17)18/h1-6,8H,7H2. The van der Waals surface area contributed by atoms with Gasteiger partial charge in [0.2, 0.25) is 0 Å². The average molecular weight is 332 g/mol. The van der Waals surface area contributed by atoms with Crippen molar-refractivity contribution in [2.24, 2.45) is 0 Å². The first-order valence-corrected chi connectivity index (χ1v) is 6.31. The Labute approximate surface area is 127 Å². The second-order valence-corrected chi connectivity index (χ2v) is 4.60. The molecule has 0 N–H and O–H groups in total. The summed E-state index contributed by atoms with van der Waals surface area (Å²) in [6.45, 7) is 0.0143. The summed E-state index contributed by atoms with van der Waals surface area (Å²) < 4.78 is 42.6. The molecule has 0 saturated heterocycles. The van der Waals surface area contributed by atoms with Gasteiger partial charge in [0.05, 0.1) is 17.7 Å². The Hall–Kier alpha value is -2.28. The monoisotopic (exact) mass is 331 g/mol. The van der Waals surface area contributed by atoms with Gasteiger partial charge in [-0.2, -0.15) is 13.2 Å². The number of halogens is 4. The lowest BCUT2D eigenvalue weighted by atomic mass is 10.1. The molecule has 1 aromatic carbocycles. The third-order valence-electron chi connectivity index (χ3n) is 2.92. The number of carbonyl (C=O) groups excluding carboxylic acids is 1. The number of pyridine rings is 1. The van der Waals surface area contributed by atoms with Crippen LogP contribution in [0, 0.1) is 0 Å². The molecule has 0 aliphatic heterocycles. The van der Waals surface area contributed by atoms with Crippen LogP contribution in [0.3, 0.4) is 0 Å². The van der Waals surface area contributed by atoms with Crippen LogP contribution in [0.5, 0.6) is 0 Å². The molecule has 0 fully saturated rings. The fourth-order valence-corrected chi connectivity index (χ4v) is 1.91. The van der Waals surface area contributed by atoms with Gasteiger partial charge in [-0.05, 0) is 23.8 Å². The first kappa shape index (κ1) is 16.1. The lowest BCUT2D eigenvalue weighted by molar-refractivity contribution is -0.137. The molecule has 0 radical (unpaired) electrons. The van der Waals surface area contributed by atoms with E-state index in [1.165, 1.54) is 29.0 Å². The van der Waals surface area contributed by atoms with Crippen molar-refractivity contribution in [1.82, 2.24) is 4.57 Å². The van der Waals surface area contributed by atoms with Crippen LogP contribution in [0.25, 0.3) is 0 Å². The molecule has 1 heterocycles. The second-order valence-electron chi connectivity index (χ2n) is 4.44. The molecule has 0 spiro atoms. The van der Waals surface area contributed by atoms with E-state index in [0.29, 0.717) is 5.56 Å². The first-order valence-electron chi connectivity index (χ1n) is 6.01. The Bertz CT molecular complexity index is 738. The van der Waals surface area contributed by atoms with Crippen molar-refractivity contribution in [2.75, 3.05) is 0 Å². The zero-order chi connectivity index (χ0) is 16.3. The third kappa shape index (κ3) is 3.67. The number of aromatic nitrogens is 1. The molecule has 0 unspecified atom stereocenters. The van der Waals surface area contributed by atoms with Crippen LogP contribution in [-0.4, -0.2) is 10.5 Å². The Balaban J connectivity index is 2.27. The molecule has 4 nitrogen and oxygen atoms in total. The van der Waals surface area contributed by atoms with Crippen molar-refractivity contribution in [3.63, 3.8) is 0 Å². The third-order valence-corrected chi connectivity index (χ3v) is 3.06. The van der Waals surface area contributed by atoms with Crippen molar-refractivity contribution in [3.8, 4) is 0 Å². The molecule has 1 aromatic heterocycles. The van der Waals surface area contributed by atoms with Crippen LogP contribution in [0.1, 0.15) is 21.5 Å². The van der Waals surface area contributed by atoms with Gasteiger partial charge in [-0.1, -0.05) is 12.1 Å². The Kier molecular flexibility index (Phi) is 4.56. The highest BCUT2D eigenvalue weighted by molar-refractivity contribution is 6.15. The zero-order valence-corrected chi connectivity index (χ0v) is 11.7. The highest BCUT2D eigenvalue weighted by Crippen LogP contribution is 2.29. The van der Waals surface area contributed by atoms with Crippen molar-refractivity contribution in [3.05, 3.63) is 69.6 Å². The van der Waals surface area contributed by atoms with Crippen LogP contribution < -0.4 is 5.56 Å². The summed E-state index contributed by atoms with van der Waals surface area (Å²) in [6, 6.07) is 6.78. The van der Waals surface area contributed by atoms with Gasteiger partial charge in [0.25, 0.3) is 5.56 Å². The summed E-state index contributed by atoms with van der Waals surface area (Å²) in [5.41, 5.74) is -0.651. The minimum Gasteiger partial charge on any atom is -0.343 e. The number of hydrogen-bond acceptors (Lipinski definition) is 3. The molecule has 2 rings (SSSR count). The van der Waals surface area contributed by atoms with E-state index in [2.05, 4.69) is 4.29 Å². The molecule has 2 aromatic rings. The SMILES string of the molecule is O=C(OCl)c1ccc(=O)n(Cc2ccc(C(F)(F)F)cc2)c1. The molecule has 116 valence electrons. The van der Waals surface area contributed by atoms with Gasteiger partial charge in [-0.15, -0.1) is 0 Å². The van der Waals surface area contributed by atoms with E-state index in [0.717, 1.165) is 18.2 Å². The van der Waals surface area contributed by atoms with Crippen LogP contribution in [0.2, 0.25) is 0 Å². The van der Waals surface area contributed by atoms with Crippen LogP contribution in [0.4, 0.5) is 13.2 Å². The number of hydrogen-bond donors (Lipinski definition) is 0. The quantitative estimate of drug-likeness (QED) is 0.867. The summed E-state index contributed by atoms with van der Waals surface area (Å²) in [6.07, 6.45) is -3.19. The molecule has 22 heavy (non-hydrogen) atoms. The maximum absolute atomic E-state index is 12.5. The van der Waals surface area contributed by atoms with Gasteiger partial charge in [0.1, 0.15) is 11.9 Å². The predicted molar refractivity (Wildman–Crippen MR) is 72.5 cm³/mol. The topological polar surface area (TPSA) is 48.3 Å². The van der Waals surface area contributed by atoms with E-state index in [1.807, 2.05) is 0 Å². The molecule has 0 saturated carbocycles. The summed E-state index contributed by atoms with van der Waals surface area (Å²) in [5.74, 6) is -0.831. The smallest absolute Gasteiger partial charge is 0.343 e. The largest absolute Gasteiger partial charge is 0.416 e. The lowest BCUT2D eigenvalue weighted by Crippen LogP contribution is -2.21. The lowest BCUT2D eigenvalue weighted by Gasteiger charge is -2.09. The van der Waals surface area contributed by atoms with E-state index in [4.69, 9.17) is 11.9 Å². The minimum absolute atomic E-state index is 0.0143. The highest BCUT2D eigenvalue weighted by Gasteiger charge is 2.29. The van der Waals surface area contributed by atoms with Crippen LogP contribution in [-0.2, 0) is 17.0 Å². The molecular weight excluding hydrogens is 323 g/mol. The number of rotatable bonds is 3. The Morgan fingerprint density at radius 2 is 1.77 bits per heavy atom. The van der Waals surface area contributed by atoms with Crippen molar-refractivity contribution in [2.45, 2.75) is 12.7 Å². The van der Waals surface area contributed by atoms with E-state index in [1.54, 1.807) is 0 Å². The van der Waals surface area contributed by atoms with E-state index >= 15 is 0 Å². The van der Waals surface area contributed by atoms with Crippen molar-refractivity contribution >= 4 is 17.8 Å². The van der Waals surface area contributed by atoms with Crippen molar-refractivity contribution in [1.29, 1.82) is 0 Å².